The number of carbonyl (C=O) groups is 2. The van der Waals surface area contributed by atoms with Gasteiger partial charge in [-0.1, -0.05) is 0 Å². The van der Waals surface area contributed by atoms with Crippen molar-refractivity contribution in [3.8, 4) is 0 Å². The Morgan fingerprint density at radius 1 is 1.44 bits per heavy atom. The Hall–Kier alpha value is -2.25. The van der Waals surface area contributed by atoms with Crippen LogP contribution in [-0.2, 0) is 14.3 Å². The molecular formula is C8H7N3O5. The van der Waals surface area contributed by atoms with E-state index in [2.05, 4.69) is 14.9 Å². The van der Waals surface area contributed by atoms with Gasteiger partial charge in [-0.05, 0) is 0 Å². The molecule has 2 rings (SSSR count). The van der Waals surface area contributed by atoms with E-state index in [4.69, 9.17) is 0 Å². The first kappa shape index (κ1) is 10.3. The highest BCUT2D eigenvalue weighted by molar-refractivity contribution is 5.89. The number of hydrogen-bond acceptors (Lipinski definition) is 6. The summed E-state index contributed by atoms with van der Waals surface area (Å²) in [5, 5.41) is 16.6. The first-order valence-electron chi connectivity index (χ1n) is 4.49. The summed E-state index contributed by atoms with van der Waals surface area (Å²) >= 11 is 0. The number of H-pyrrole nitrogens is 1. The van der Waals surface area contributed by atoms with Crippen LogP contribution in [0.15, 0.2) is 6.20 Å². The van der Waals surface area contributed by atoms with E-state index in [1.54, 1.807) is 0 Å². The van der Waals surface area contributed by atoms with Crippen molar-refractivity contribution < 1.29 is 19.2 Å². The summed E-state index contributed by atoms with van der Waals surface area (Å²) in [4.78, 5) is 32.1. The molecule has 1 aliphatic rings. The normalized spacial score (nSPS) is 17.2. The summed E-state index contributed by atoms with van der Waals surface area (Å²) in [6.07, 6.45) is 0.934. The SMILES string of the molecule is O=C1CC(c2[nH]ncc2[N+](=O)[O-])CC(=O)O1. The third kappa shape index (κ3) is 1.76. The minimum Gasteiger partial charge on any atom is -0.393 e. The molecule has 0 saturated carbocycles. The van der Waals surface area contributed by atoms with E-state index in [0.717, 1.165) is 6.20 Å². The van der Waals surface area contributed by atoms with E-state index in [1.807, 2.05) is 0 Å². The van der Waals surface area contributed by atoms with Crippen LogP contribution in [0.4, 0.5) is 5.69 Å². The zero-order chi connectivity index (χ0) is 11.7. The van der Waals surface area contributed by atoms with Gasteiger partial charge in [0.1, 0.15) is 11.9 Å². The zero-order valence-electron chi connectivity index (χ0n) is 8.00. The molecule has 0 spiro atoms. The van der Waals surface area contributed by atoms with Crippen molar-refractivity contribution in [3.05, 3.63) is 22.0 Å². The van der Waals surface area contributed by atoms with Gasteiger partial charge in [0.15, 0.2) is 0 Å². The fourth-order valence-electron chi connectivity index (χ4n) is 1.62. The predicted molar refractivity (Wildman–Crippen MR) is 48.3 cm³/mol. The highest BCUT2D eigenvalue weighted by atomic mass is 16.6. The highest BCUT2D eigenvalue weighted by Crippen LogP contribution is 2.32. The number of carbonyl (C=O) groups excluding carboxylic acids is 2. The molecule has 8 nitrogen and oxygen atoms in total. The fourth-order valence-corrected chi connectivity index (χ4v) is 1.62. The Labute approximate surface area is 88.7 Å². The van der Waals surface area contributed by atoms with Gasteiger partial charge in [0.25, 0.3) is 0 Å². The maximum absolute atomic E-state index is 11.0. The molecule has 0 bridgehead atoms. The zero-order valence-corrected chi connectivity index (χ0v) is 8.00. The summed E-state index contributed by atoms with van der Waals surface area (Å²) in [5.74, 6) is -1.91. The Balaban J connectivity index is 2.29. The molecule has 0 atom stereocenters. The number of aromatic nitrogens is 2. The topological polar surface area (TPSA) is 115 Å². The number of ether oxygens (including phenoxy) is 1. The van der Waals surface area contributed by atoms with E-state index in [-0.39, 0.29) is 24.2 Å². The van der Waals surface area contributed by atoms with Gasteiger partial charge in [0.2, 0.25) is 0 Å². The van der Waals surface area contributed by atoms with E-state index >= 15 is 0 Å². The molecule has 0 aromatic carbocycles. The Kier molecular flexibility index (Phi) is 2.39. The molecule has 0 radical (unpaired) electrons. The maximum atomic E-state index is 11.0. The molecule has 1 N–H and O–H groups in total. The van der Waals surface area contributed by atoms with Crippen molar-refractivity contribution in [2.75, 3.05) is 0 Å². The number of aromatic amines is 1. The Bertz CT molecular complexity index is 450. The van der Waals surface area contributed by atoms with E-state index in [0.29, 0.717) is 0 Å². The number of esters is 2. The number of nitrogens with zero attached hydrogens (tertiary/aromatic N) is 2. The lowest BCUT2D eigenvalue weighted by molar-refractivity contribution is -0.385. The molecule has 1 aliphatic heterocycles. The third-order valence-electron chi connectivity index (χ3n) is 2.31. The van der Waals surface area contributed by atoms with E-state index in [9.17, 15) is 19.7 Å². The summed E-state index contributed by atoms with van der Waals surface area (Å²) in [5.41, 5.74) is -0.0255. The summed E-state index contributed by atoms with van der Waals surface area (Å²) in [6, 6.07) is 0. The molecule has 1 fully saturated rings. The van der Waals surface area contributed by atoms with Crippen molar-refractivity contribution >= 4 is 17.6 Å². The van der Waals surface area contributed by atoms with Gasteiger partial charge >= 0.3 is 17.6 Å². The standard InChI is InChI=1S/C8H7N3O5/c12-6-1-4(2-7(13)16-6)8-5(11(14)15)3-9-10-8/h3-4H,1-2H2,(H,9,10). The second-order valence-electron chi connectivity index (χ2n) is 3.38. The number of nitrogens with one attached hydrogen (secondary N) is 1. The van der Waals surface area contributed by atoms with Gasteiger partial charge in [-0.2, -0.15) is 5.10 Å². The molecule has 0 unspecified atom stereocenters. The number of rotatable bonds is 2. The number of nitro groups is 1. The molecule has 84 valence electrons. The molecule has 1 saturated heterocycles. The van der Waals surface area contributed by atoms with Crippen LogP contribution in [0.3, 0.4) is 0 Å². The second-order valence-corrected chi connectivity index (χ2v) is 3.38. The van der Waals surface area contributed by atoms with Crippen LogP contribution in [0.2, 0.25) is 0 Å². The first-order valence-corrected chi connectivity index (χ1v) is 4.49. The largest absolute Gasteiger partial charge is 0.393 e. The summed E-state index contributed by atoms with van der Waals surface area (Å²) in [6.45, 7) is 0. The maximum Gasteiger partial charge on any atom is 0.314 e. The molecule has 16 heavy (non-hydrogen) atoms. The van der Waals surface area contributed by atoms with Crippen LogP contribution in [-0.4, -0.2) is 27.1 Å². The summed E-state index contributed by atoms with van der Waals surface area (Å²) < 4.78 is 4.33. The summed E-state index contributed by atoms with van der Waals surface area (Å²) in [7, 11) is 0. The molecular weight excluding hydrogens is 218 g/mol. The van der Waals surface area contributed by atoms with Gasteiger partial charge in [-0.3, -0.25) is 24.8 Å². The van der Waals surface area contributed by atoms with Gasteiger partial charge < -0.3 is 4.74 Å². The average Bonchev–Trinajstić information content (AvgIpc) is 2.63. The monoisotopic (exact) mass is 225 g/mol. The van der Waals surface area contributed by atoms with Gasteiger partial charge in [0, 0.05) is 5.92 Å². The second kappa shape index (κ2) is 3.72. The molecule has 2 heterocycles. The van der Waals surface area contributed by atoms with Crippen molar-refractivity contribution in [1.29, 1.82) is 0 Å². The van der Waals surface area contributed by atoms with E-state index in [1.165, 1.54) is 0 Å². The number of cyclic esters (lactones) is 2. The van der Waals surface area contributed by atoms with Crippen molar-refractivity contribution in [1.82, 2.24) is 10.2 Å². The highest BCUT2D eigenvalue weighted by Gasteiger charge is 2.33. The van der Waals surface area contributed by atoms with Crippen molar-refractivity contribution in [2.24, 2.45) is 0 Å². The minimum atomic E-state index is -0.676. The van der Waals surface area contributed by atoms with Crippen molar-refractivity contribution in [2.45, 2.75) is 18.8 Å². The Morgan fingerprint density at radius 2 is 2.06 bits per heavy atom. The number of hydrogen-bond donors (Lipinski definition) is 1. The Morgan fingerprint density at radius 3 is 2.62 bits per heavy atom. The van der Waals surface area contributed by atoms with Crippen LogP contribution in [0.1, 0.15) is 24.5 Å². The van der Waals surface area contributed by atoms with Crippen LogP contribution < -0.4 is 0 Å². The molecule has 0 amide bonds. The molecule has 8 heteroatoms. The lowest BCUT2D eigenvalue weighted by atomic mass is 9.95. The minimum absolute atomic E-state index is 0.0607. The lowest BCUT2D eigenvalue weighted by Crippen LogP contribution is -2.24. The molecule has 1 aromatic rings. The van der Waals surface area contributed by atoms with Gasteiger partial charge in [0.05, 0.1) is 17.8 Å². The van der Waals surface area contributed by atoms with Crippen molar-refractivity contribution in [3.63, 3.8) is 0 Å². The van der Waals surface area contributed by atoms with Crippen LogP contribution in [0.25, 0.3) is 0 Å². The third-order valence-corrected chi connectivity index (χ3v) is 2.31. The van der Waals surface area contributed by atoms with Crippen LogP contribution >= 0.6 is 0 Å². The predicted octanol–water partition coefficient (Wildman–Crippen LogP) is 0.265. The van der Waals surface area contributed by atoms with Gasteiger partial charge in [-0.25, -0.2) is 0 Å². The van der Waals surface area contributed by atoms with Gasteiger partial charge in [-0.15, -0.1) is 0 Å². The van der Waals surface area contributed by atoms with Crippen LogP contribution in [0, 0.1) is 10.1 Å². The fraction of sp³-hybridized carbons (Fsp3) is 0.375. The smallest absolute Gasteiger partial charge is 0.314 e. The quantitative estimate of drug-likeness (QED) is 0.334. The lowest BCUT2D eigenvalue weighted by Gasteiger charge is -2.17. The average molecular weight is 225 g/mol. The first-order chi connectivity index (χ1) is 7.58. The van der Waals surface area contributed by atoms with Crippen LogP contribution in [0.5, 0.6) is 0 Å². The van der Waals surface area contributed by atoms with E-state index < -0.39 is 22.8 Å². The molecule has 0 aliphatic carbocycles. The molecule has 1 aromatic heterocycles.